The van der Waals surface area contributed by atoms with Crippen molar-refractivity contribution in [1.29, 1.82) is 0 Å². The highest BCUT2D eigenvalue weighted by atomic mass is 32.1. The van der Waals surface area contributed by atoms with Crippen LogP contribution in [-0.4, -0.2) is 32.6 Å². The molecular formula is C10H14N4OS. The number of hydrogen-bond acceptors (Lipinski definition) is 4. The fourth-order valence-electron chi connectivity index (χ4n) is 2.35. The smallest absolute Gasteiger partial charge is 0.282 e. The van der Waals surface area contributed by atoms with Crippen LogP contribution in [0.25, 0.3) is 0 Å². The molecule has 0 saturated carbocycles. The molecule has 2 aliphatic heterocycles. The van der Waals surface area contributed by atoms with Gasteiger partial charge in [0.05, 0.1) is 18.8 Å². The molecule has 16 heavy (non-hydrogen) atoms. The molecule has 1 aromatic rings. The average Bonchev–Trinajstić information content (AvgIpc) is 2.61. The van der Waals surface area contributed by atoms with Crippen molar-refractivity contribution in [2.24, 2.45) is 0 Å². The molecule has 0 radical (unpaired) electrons. The van der Waals surface area contributed by atoms with Crippen LogP contribution >= 0.6 is 12.8 Å². The molecule has 6 heteroatoms. The molecule has 0 aliphatic carbocycles. The van der Waals surface area contributed by atoms with Crippen molar-refractivity contribution in [3.63, 3.8) is 0 Å². The van der Waals surface area contributed by atoms with E-state index in [0.717, 1.165) is 36.5 Å². The Bertz CT molecular complexity index is 456. The van der Waals surface area contributed by atoms with Gasteiger partial charge in [0.1, 0.15) is 5.69 Å². The predicted molar refractivity (Wildman–Crippen MR) is 62.3 cm³/mol. The second kappa shape index (κ2) is 3.49. The van der Waals surface area contributed by atoms with Crippen molar-refractivity contribution >= 4 is 18.7 Å². The molecule has 3 heterocycles. The van der Waals surface area contributed by atoms with Crippen LogP contribution in [0.3, 0.4) is 0 Å². The Hall–Kier alpha value is -1.01. The molecule has 0 fully saturated rings. The maximum atomic E-state index is 12.0. The molecule has 86 valence electrons. The molecule has 3 rings (SSSR count). The first-order chi connectivity index (χ1) is 7.66. The average molecular weight is 238 g/mol. The largest absolute Gasteiger partial charge is 0.310 e. The van der Waals surface area contributed by atoms with Crippen LogP contribution in [0.2, 0.25) is 0 Å². The number of nitrogens with zero attached hydrogens (tertiary/aromatic N) is 3. The van der Waals surface area contributed by atoms with Gasteiger partial charge in [-0.15, -0.1) is 0 Å². The Labute approximate surface area is 99.3 Å². The number of carbonyl (C=O) groups is 1. The summed E-state index contributed by atoms with van der Waals surface area (Å²) in [6, 6.07) is 0.437. The van der Waals surface area contributed by atoms with E-state index < -0.39 is 0 Å². The van der Waals surface area contributed by atoms with Crippen molar-refractivity contribution in [3.8, 4) is 0 Å². The first-order valence-electron chi connectivity index (χ1n) is 5.49. The summed E-state index contributed by atoms with van der Waals surface area (Å²) < 4.78 is 3.30. The summed E-state index contributed by atoms with van der Waals surface area (Å²) in [5.74, 6) is -0.0281. The van der Waals surface area contributed by atoms with Crippen molar-refractivity contribution < 1.29 is 4.79 Å². The second-order valence-electron chi connectivity index (χ2n) is 4.41. The van der Waals surface area contributed by atoms with Crippen LogP contribution in [-0.2, 0) is 19.5 Å². The van der Waals surface area contributed by atoms with Crippen LogP contribution in [0.15, 0.2) is 0 Å². The molecule has 1 aromatic heterocycles. The summed E-state index contributed by atoms with van der Waals surface area (Å²) in [6.45, 7) is 4.23. The van der Waals surface area contributed by atoms with Gasteiger partial charge < -0.3 is 5.32 Å². The maximum absolute atomic E-state index is 12.0. The Morgan fingerprint density at radius 1 is 1.50 bits per heavy atom. The predicted octanol–water partition coefficient (Wildman–Crippen LogP) is 0.218. The van der Waals surface area contributed by atoms with Gasteiger partial charge in [0, 0.05) is 24.6 Å². The minimum absolute atomic E-state index is 0.0281. The maximum Gasteiger partial charge on any atom is 0.282 e. The van der Waals surface area contributed by atoms with Crippen LogP contribution in [0.5, 0.6) is 0 Å². The molecule has 2 aliphatic rings. The first-order valence-corrected chi connectivity index (χ1v) is 5.89. The monoisotopic (exact) mass is 238 g/mol. The van der Waals surface area contributed by atoms with E-state index in [1.54, 1.807) is 0 Å². The highest BCUT2D eigenvalue weighted by Crippen LogP contribution is 2.24. The molecule has 0 aromatic carbocycles. The molecule has 1 N–H and O–H groups in total. The quantitative estimate of drug-likeness (QED) is 0.636. The fraction of sp³-hybridized carbons (Fsp3) is 0.600. The molecule has 1 atom stereocenters. The number of hydrogen-bond donors (Lipinski definition) is 2. The Morgan fingerprint density at radius 2 is 2.31 bits per heavy atom. The number of fused-ring (bicyclic) bond motifs is 3. The third kappa shape index (κ3) is 1.36. The molecule has 0 unspecified atom stereocenters. The van der Waals surface area contributed by atoms with Crippen LogP contribution in [0, 0.1) is 0 Å². The van der Waals surface area contributed by atoms with Crippen molar-refractivity contribution in [1.82, 2.24) is 19.4 Å². The normalized spacial score (nSPS) is 24.2. The van der Waals surface area contributed by atoms with E-state index in [-0.39, 0.29) is 5.91 Å². The van der Waals surface area contributed by atoms with Crippen molar-refractivity contribution in [2.75, 3.05) is 6.54 Å². The van der Waals surface area contributed by atoms with E-state index >= 15 is 0 Å². The lowest BCUT2D eigenvalue weighted by atomic mass is 10.0. The van der Waals surface area contributed by atoms with Crippen molar-refractivity contribution in [3.05, 3.63) is 17.0 Å². The molecule has 0 spiro atoms. The van der Waals surface area contributed by atoms with Gasteiger partial charge in [0.2, 0.25) is 0 Å². The number of aromatic nitrogens is 2. The van der Waals surface area contributed by atoms with Gasteiger partial charge in [-0.1, -0.05) is 12.8 Å². The summed E-state index contributed by atoms with van der Waals surface area (Å²) in [7, 11) is 0. The lowest BCUT2D eigenvalue weighted by molar-refractivity contribution is 0.0832. The SMILES string of the molecule is C[C@@H]1Cc2nn3c(c2CN1)C(=O)N(S)CC3. The highest BCUT2D eigenvalue weighted by molar-refractivity contribution is 7.78. The van der Waals surface area contributed by atoms with Crippen LogP contribution < -0.4 is 5.32 Å². The van der Waals surface area contributed by atoms with E-state index in [1.807, 2.05) is 4.68 Å². The highest BCUT2D eigenvalue weighted by Gasteiger charge is 2.31. The van der Waals surface area contributed by atoms with Crippen molar-refractivity contribution in [2.45, 2.75) is 32.5 Å². The summed E-state index contributed by atoms with van der Waals surface area (Å²) in [5.41, 5.74) is 2.84. The van der Waals surface area contributed by atoms with E-state index in [4.69, 9.17) is 0 Å². The molecule has 5 nitrogen and oxygen atoms in total. The van der Waals surface area contributed by atoms with Crippen LogP contribution in [0.1, 0.15) is 28.7 Å². The molecule has 0 bridgehead atoms. The van der Waals surface area contributed by atoms with Gasteiger partial charge in [0.25, 0.3) is 5.91 Å². The Kier molecular flexibility index (Phi) is 2.22. The number of thiol groups is 1. The zero-order chi connectivity index (χ0) is 11.3. The van der Waals surface area contributed by atoms with Crippen LogP contribution in [0.4, 0.5) is 0 Å². The number of rotatable bonds is 0. The number of amides is 1. The van der Waals surface area contributed by atoms with E-state index in [2.05, 4.69) is 30.2 Å². The summed E-state index contributed by atoms with van der Waals surface area (Å²) >= 11 is 4.16. The van der Waals surface area contributed by atoms with Gasteiger partial charge >= 0.3 is 0 Å². The summed E-state index contributed by atoms with van der Waals surface area (Å²) in [6.07, 6.45) is 0.898. The van der Waals surface area contributed by atoms with Gasteiger partial charge in [-0.2, -0.15) is 5.10 Å². The van der Waals surface area contributed by atoms with E-state index in [1.165, 1.54) is 4.31 Å². The second-order valence-corrected chi connectivity index (χ2v) is 4.89. The zero-order valence-electron chi connectivity index (χ0n) is 9.10. The molecular weight excluding hydrogens is 224 g/mol. The van der Waals surface area contributed by atoms with Gasteiger partial charge in [-0.25, -0.2) is 0 Å². The Balaban J connectivity index is 2.09. The number of carbonyl (C=O) groups excluding carboxylic acids is 1. The van der Waals surface area contributed by atoms with Gasteiger partial charge in [-0.3, -0.25) is 13.8 Å². The summed E-state index contributed by atoms with van der Waals surface area (Å²) in [5, 5.41) is 7.88. The fourth-order valence-corrected chi connectivity index (χ4v) is 2.54. The molecule has 1 amide bonds. The minimum atomic E-state index is -0.0281. The minimum Gasteiger partial charge on any atom is -0.310 e. The van der Waals surface area contributed by atoms with E-state index in [9.17, 15) is 4.79 Å². The topological polar surface area (TPSA) is 50.2 Å². The number of nitrogens with one attached hydrogen (secondary N) is 1. The lowest BCUT2D eigenvalue weighted by Gasteiger charge is -2.24. The molecule has 0 saturated heterocycles. The standard InChI is InChI=1S/C10H14N4OS/c1-6-4-8-7(5-11-6)9-10(15)14(16)3-2-13(9)12-8/h6,11,16H,2-5H2,1H3/t6-/m1/s1. The first kappa shape index (κ1) is 10.2. The lowest BCUT2D eigenvalue weighted by Crippen LogP contribution is -2.36. The van der Waals surface area contributed by atoms with E-state index in [0.29, 0.717) is 12.6 Å². The third-order valence-corrected chi connectivity index (χ3v) is 3.60. The van der Waals surface area contributed by atoms with Gasteiger partial charge in [0.15, 0.2) is 0 Å². The Morgan fingerprint density at radius 3 is 3.12 bits per heavy atom. The summed E-state index contributed by atoms with van der Waals surface area (Å²) in [4.78, 5) is 12.0. The third-order valence-electron chi connectivity index (χ3n) is 3.22. The van der Waals surface area contributed by atoms with Gasteiger partial charge in [-0.05, 0) is 6.92 Å². The zero-order valence-corrected chi connectivity index (χ0v) is 10.00.